The summed E-state index contributed by atoms with van der Waals surface area (Å²) in [6, 6.07) is 6.42. The number of aliphatic hydroxyl groups excluding tert-OH is 2. The number of ether oxygens (including phenoxy) is 1. The molecule has 0 amide bonds. The first-order valence-electron chi connectivity index (χ1n) is 5.28. The first kappa shape index (κ1) is 14.1. The fourth-order valence-electron chi connectivity index (χ4n) is 1.19. The van der Waals surface area contributed by atoms with Crippen LogP contribution in [0.3, 0.4) is 0 Å². The molecule has 1 aromatic rings. The summed E-state index contributed by atoms with van der Waals surface area (Å²) in [6.45, 7) is -0.786. The van der Waals surface area contributed by atoms with Gasteiger partial charge in [0.15, 0.2) is 6.10 Å². The molecule has 18 heavy (non-hydrogen) atoms. The van der Waals surface area contributed by atoms with E-state index >= 15 is 0 Å². The molecule has 1 rings (SSSR count). The van der Waals surface area contributed by atoms with E-state index in [1.807, 2.05) is 19.0 Å². The van der Waals surface area contributed by atoms with Crippen LogP contribution in [0.15, 0.2) is 24.3 Å². The summed E-state index contributed by atoms with van der Waals surface area (Å²) in [5.41, 5.74) is 1.09. The molecule has 2 N–H and O–H groups in total. The fourth-order valence-corrected chi connectivity index (χ4v) is 1.19. The van der Waals surface area contributed by atoms with Crippen LogP contribution in [0.25, 0.3) is 0 Å². The quantitative estimate of drug-likeness (QED) is 0.570. The lowest BCUT2D eigenvalue weighted by molar-refractivity contribution is -0.149. The molecule has 0 fully saturated rings. The van der Waals surface area contributed by atoms with Crippen molar-refractivity contribution in [2.45, 2.75) is 6.10 Å². The standard InChI is InChI=1S/C12H15NO5/c1-13(2)9-5-3-8(4-6-9)11(16)18-12(17)10(15)7-14/h3-6,10,14-15H,7H2,1-2H3. The van der Waals surface area contributed by atoms with Gasteiger partial charge in [-0.3, -0.25) is 0 Å². The van der Waals surface area contributed by atoms with Crippen LogP contribution in [0.5, 0.6) is 0 Å². The molecule has 98 valence electrons. The second-order valence-corrected chi connectivity index (χ2v) is 3.85. The fraction of sp³-hybridized carbons (Fsp3) is 0.333. The Bertz CT molecular complexity index is 427. The van der Waals surface area contributed by atoms with E-state index in [1.165, 1.54) is 12.1 Å². The maximum absolute atomic E-state index is 11.5. The van der Waals surface area contributed by atoms with Crippen molar-refractivity contribution in [2.24, 2.45) is 0 Å². The van der Waals surface area contributed by atoms with E-state index in [0.29, 0.717) is 0 Å². The summed E-state index contributed by atoms with van der Waals surface area (Å²) in [5.74, 6) is -2.03. The van der Waals surface area contributed by atoms with Crippen LogP contribution in [-0.2, 0) is 9.53 Å². The maximum Gasteiger partial charge on any atom is 0.345 e. The minimum Gasteiger partial charge on any atom is -0.393 e. The highest BCUT2D eigenvalue weighted by atomic mass is 16.6. The highest BCUT2D eigenvalue weighted by Gasteiger charge is 2.20. The van der Waals surface area contributed by atoms with Crippen molar-refractivity contribution in [2.75, 3.05) is 25.6 Å². The van der Waals surface area contributed by atoms with Gasteiger partial charge in [-0.1, -0.05) is 0 Å². The van der Waals surface area contributed by atoms with Crippen LogP contribution in [-0.4, -0.2) is 49.0 Å². The van der Waals surface area contributed by atoms with E-state index < -0.39 is 24.6 Å². The Morgan fingerprint density at radius 1 is 1.28 bits per heavy atom. The number of carbonyl (C=O) groups is 2. The number of nitrogens with zero attached hydrogens (tertiary/aromatic N) is 1. The number of hydrogen-bond acceptors (Lipinski definition) is 6. The number of hydrogen-bond donors (Lipinski definition) is 2. The van der Waals surface area contributed by atoms with Gasteiger partial charge in [0.1, 0.15) is 0 Å². The summed E-state index contributed by atoms with van der Waals surface area (Å²) in [6.07, 6.45) is -1.70. The van der Waals surface area contributed by atoms with Gasteiger partial charge in [0.05, 0.1) is 12.2 Å². The summed E-state index contributed by atoms with van der Waals surface area (Å²) >= 11 is 0. The van der Waals surface area contributed by atoms with Crippen LogP contribution >= 0.6 is 0 Å². The topological polar surface area (TPSA) is 87.1 Å². The lowest BCUT2D eigenvalue weighted by atomic mass is 10.2. The highest BCUT2D eigenvalue weighted by Crippen LogP contribution is 2.13. The van der Waals surface area contributed by atoms with Crippen LogP contribution < -0.4 is 4.90 Å². The molecule has 0 aromatic heterocycles. The largest absolute Gasteiger partial charge is 0.393 e. The third-order valence-electron chi connectivity index (χ3n) is 2.26. The van der Waals surface area contributed by atoms with Crippen molar-refractivity contribution in [1.82, 2.24) is 0 Å². The number of esters is 2. The van der Waals surface area contributed by atoms with E-state index in [4.69, 9.17) is 10.2 Å². The van der Waals surface area contributed by atoms with Crippen molar-refractivity contribution >= 4 is 17.6 Å². The average molecular weight is 253 g/mol. The van der Waals surface area contributed by atoms with Gasteiger partial charge in [0.25, 0.3) is 0 Å². The van der Waals surface area contributed by atoms with Gasteiger partial charge in [0, 0.05) is 19.8 Å². The Labute approximate surface area is 104 Å². The highest BCUT2D eigenvalue weighted by molar-refractivity contribution is 5.98. The zero-order chi connectivity index (χ0) is 13.7. The Balaban J connectivity index is 2.70. The maximum atomic E-state index is 11.5. The Kier molecular flexibility index (Phi) is 4.82. The molecule has 1 unspecified atom stereocenters. The molecule has 1 atom stereocenters. The number of anilines is 1. The smallest absolute Gasteiger partial charge is 0.345 e. The molecule has 0 heterocycles. The first-order chi connectivity index (χ1) is 8.45. The van der Waals surface area contributed by atoms with Crippen molar-refractivity contribution in [3.05, 3.63) is 29.8 Å². The third-order valence-corrected chi connectivity index (χ3v) is 2.26. The molecular weight excluding hydrogens is 238 g/mol. The van der Waals surface area contributed by atoms with Crippen molar-refractivity contribution in [3.8, 4) is 0 Å². The molecule has 6 nitrogen and oxygen atoms in total. The summed E-state index contributed by atoms with van der Waals surface area (Å²) in [5, 5.41) is 17.5. The van der Waals surface area contributed by atoms with E-state index in [1.54, 1.807) is 12.1 Å². The monoisotopic (exact) mass is 253 g/mol. The number of carbonyl (C=O) groups excluding carboxylic acids is 2. The third kappa shape index (κ3) is 3.54. The number of benzene rings is 1. The van der Waals surface area contributed by atoms with Crippen LogP contribution in [0, 0.1) is 0 Å². The van der Waals surface area contributed by atoms with Gasteiger partial charge >= 0.3 is 11.9 Å². The Morgan fingerprint density at radius 3 is 2.28 bits per heavy atom. The predicted octanol–water partition coefficient (Wildman–Crippen LogP) is -0.211. The zero-order valence-corrected chi connectivity index (χ0v) is 10.2. The minimum atomic E-state index is -1.70. The first-order valence-corrected chi connectivity index (χ1v) is 5.28. The van der Waals surface area contributed by atoms with E-state index in [2.05, 4.69) is 4.74 Å². The Morgan fingerprint density at radius 2 is 1.83 bits per heavy atom. The van der Waals surface area contributed by atoms with Crippen molar-refractivity contribution in [3.63, 3.8) is 0 Å². The van der Waals surface area contributed by atoms with E-state index in [9.17, 15) is 9.59 Å². The van der Waals surface area contributed by atoms with Gasteiger partial charge in [-0.25, -0.2) is 9.59 Å². The van der Waals surface area contributed by atoms with Crippen LogP contribution in [0.4, 0.5) is 5.69 Å². The van der Waals surface area contributed by atoms with Crippen molar-refractivity contribution < 1.29 is 24.5 Å². The number of aliphatic hydroxyl groups is 2. The molecule has 0 saturated heterocycles. The second kappa shape index (κ2) is 6.13. The lowest BCUT2D eigenvalue weighted by Gasteiger charge is -2.12. The average Bonchev–Trinajstić information content (AvgIpc) is 2.37. The summed E-state index contributed by atoms with van der Waals surface area (Å²) in [4.78, 5) is 24.4. The van der Waals surface area contributed by atoms with Gasteiger partial charge in [-0.05, 0) is 24.3 Å². The van der Waals surface area contributed by atoms with E-state index in [-0.39, 0.29) is 5.56 Å². The number of rotatable bonds is 4. The molecule has 0 radical (unpaired) electrons. The van der Waals surface area contributed by atoms with Crippen LogP contribution in [0.2, 0.25) is 0 Å². The lowest BCUT2D eigenvalue weighted by Crippen LogP contribution is -2.28. The molecule has 0 aliphatic heterocycles. The van der Waals surface area contributed by atoms with E-state index in [0.717, 1.165) is 5.69 Å². The molecule has 0 aliphatic rings. The second-order valence-electron chi connectivity index (χ2n) is 3.85. The van der Waals surface area contributed by atoms with Gasteiger partial charge in [-0.15, -0.1) is 0 Å². The molecule has 0 aliphatic carbocycles. The Hall–Kier alpha value is -1.92. The van der Waals surface area contributed by atoms with Gasteiger partial charge < -0.3 is 19.8 Å². The molecule has 1 aromatic carbocycles. The minimum absolute atomic E-state index is 0.194. The summed E-state index contributed by atoms with van der Waals surface area (Å²) in [7, 11) is 3.71. The van der Waals surface area contributed by atoms with Gasteiger partial charge in [0.2, 0.25) is 0 Å². The molecule has 0 bridgehead atoms. The van der Waals surface area contributed by atoms with Crippen LogP contribution in [0.1, 0.15) is 10.4 Å². The van der Waals surface area contributed by atoms with Crippen molar-refractivity contribution in [1.29, 1.82) is 0 Å². The SMILES string of the molecule is CN(C)c1ccc(C(=O)OC(=O)C(O)CO)cc1. The molecular formula is C12H15NO5. The molecule has 6 heteroatoms. The van der Waals surface area contributed by atoms with Gasteiger partial charge in [-0.2, -0.15) is 0 Å². The predicted molar refractivity (Wildman–Crippen MR) is 64.3 cm³/mol. The molecule has 0 saturated carbocycles. The zero-order valence-electron chi connectivity index (χ0n) is 10.2. The normalized spacial score (nSPS) is 11.8. The summed E-state index contributed by atoms with van der Waals surface area (Å²) < 4.78 is 4.39. The molecule has 0 spiro atoms.